The molecule has 0 saturated carbocycles. The summed E-state index contributed by atoms with van der Waals surface area (Å²) in [4.78, 5) is 21.5. The number of aromatic nitrogens is 3. The average molecular weight is 783 g/mol. The molecule has 0 spiro atoms. The molecule has 0 bridgehead atoms. The molecular weight excluding hydrogens is 689 g/mol. The van der Waals surface area contributed by atoms with Crippen molar-refractivity contribution in [2.45, 2.75) is 271 Å². The van der Waals surface area contributed by atoms with E-state index in [-0.39, 0.29) is 22.2 Å². The zero-order valence-corrected chi connectivity index (χ0v) is 39.2. The van der Waals surface area contributed by atoms with Gasteiger partial charge in [-0.05, 0) is 100 Å². The molecule has 0 aliphatic carbocycles. The summed E-state index contributed by atoms with van der Waals surface area (Å²) in [7, 11) is 0. The van der Waals surface area contributed by atoms with E-state index in [4.69, 9.17) is 15.0 Å². The van der Waals surface area contributed by atoms with Crippen LogP contribution in [0.25, 0.3) is 0 Å². The van der Waals surface area contributed by atoms with Gasteiger partial charge in [0, 0.05) is 53.9 Å². The second-order valence-corrected chi connectivity index (χ2v) is 20.8. The first-order valence-corrected chi connectivity index (χ1v) is 24.2. The Kier molecular flexibility index (Phi) is 21.2. The highest BCUT2D eigenvalue weighted by Crippen LogP contribution is 2.36. The van der Waals surface area contributed by atoms with Gasteiger partial charge in [-0.3, -0.25) is 0 Å². The quantitative estimate of drug-likeness (QED) is 0.0693. The maximum absolute atomic E-state index is 5.58. The Hall–Kier alpha value is -1.67. The number of hydrogen-bond acceptors (Lipinski definition) is 8. The molecule has 2 aliphatic heterocycles. The van der Waals surface area contributed by atoms with Gasteiger partial charge in [0.25, 0.3) is 0 Å². The largest absolute Gasteiger partial charge is 0.354 e. The van der Waals surface area contributed by atoms with E-state index in [0.29, 0.717) is 12.1 Å². The zero-order chi connectivity index (χ0) is 41.1. The van der Waals surface area contributed by atoms with Gasteiger partial charge in [-0.2, -0.15) is 15.0 Å². The molecule has 3 N–H and O–H groups in total. The second kappa shape index (κ2) is 24.4. The van der Waals surface area contributed by atoms with Gasteiger partial charge in [-0.15, -0.1) is 0 Å². The van der Waals surface area contributed by atoms with Crippen LogP contribution in [0.4, 0.5) is 17.8 Å². The van der Waals surface area contributed by atoms with E-state index in [1.54, 1.807) is 0 Å². The molecule has 0 aromatic carbocycles. The van der Waals surface area contributed by atoms with Crippen molar-refractivity contribution in [1.82, 2.24) is 25.6 Å². The number of anilines is 3. The number of nitrogens with one attached hydrogen (secondary N) is 3. The predicted octanol–water partition coefficient (Wildman–Crippen LogP) is 12.8. The summed E-state index contributed by atoms with van der Waals surface area (Å²) in [6, 6.07) is 0.724. The smallest absolute Gasteiger partial charge is 0.232 e. The van der Waals surface area contributed by atoms with Gasteiger partial charge in [0.2, 0.25) is 17.8 Å². The molecule has 0 radical (unpaired) electrons. The van der Waals surface area contributed by atoms with Crippen molar-refractivity contribution in [3.05, 3.63) is 0 Å². The molecule has 3 heterocycles. The van der Waals surface area contributed by atoms with E-state index in [2.05, 4.69) is 102 Å². The molecule has 2 fully saturated rings. The summed E-state index contributed by atoms with van der Waals surface area (Å²) in [6.07, 6.45) is 31.7. The average Bonchev–Trinajstić information content (AvgIpc) is 3.09. The number of rotatable bonds is 29. The molecule has 0 atom stereocenters. The summed E-state index contributed by atoms with van der Waals surface area (Å²) in [6.45, 7) is 28.8. The standard InChI is InChI=1S/C48H94N8/c1-12-15-18-21-24-25-26-27-30-33-49-42-50-43(55(34-31-28-22-19-16-13-2)40-36-45(4,5)53-46(6,7)37-40)52-44(51-42)56(35-32-29-23-20-17-14-3)41-38-47(8,9)54-48(10,11)39-41/h40-41,53-54H,12-39H2,1-11H3,(H,49,50,51,52). The molecule has 2 saturated heterocycles. The molecule has 0 unspecified atom stereocenters. The lowest BCUT2D eigenvalue weighted by atomic mass is 9.79. The summed E-state index contributed by atoms with van der Waals surface area (Å²) < 4.78 is 0. The van der Waals surface area contributed by atoms with Gasteiger partial charge in [0.15, 0.2) is 0 Å². The molecular formula is C48H94N8. The van der Waals surface area contributed by atoms with Crippen LogP contribution in [-0.4, -0.2) is 68.8 Å². The number of unbranched alkanes of at least 4 members (excludes halogenated alkanes) is 18. The summed E-state index contributed by atoms with van der Waals surface area (Å²) >= 11 is 0. The van der Waals surface area contributed by atoms with Gasteiger partial charge >= 0.3 is 0 Å². The van der Waals surface area contributed by atoms with Gasteiger partial charge in [-0.1, -0.05) is 136 Å². The molecule has 326 valence electrons. The van der Waals surface area contributed by atoms with E-state index in [1.165, 1.54) is 128 Å². The summed E-state index contributed by atoms with van der Waals surface area (Å²) in [5, 5.41) is 11.7. The minimum atomic E-state index is 0.0365. The number of nitrogens with zero attached hydrogens (tertiary/aromatic N) is 5. The second-order valence-electron chi connectivity index (χ2n) is 20.8. The topological polar surface area (TPSA) is 81.2 Å². The van der Waals surface area contributed by atoms with Gasteiger partial charge in [0.1, 0.15) is 0 Å². The van der Waals surface area contributed by atoms with Crippen molar-refractivity contribution in [2.75, 3.05) is 34.8 Å². The fraction of sp³-hybridized carbons (Fsp3) is 0.938. The predicted molar refractivity (Wildman–Crippen MR) is 246 cm³/mol. The first-order valence-electron chi connectivity index (χ1n) is 24.2. The zero-order valence-electron chi connectivity index (χ0n) is 39.2. The van der Waals surface area contributed by atoms with E-state index < -0.39 is 0 Å². The van der Waals surface area contributed by atoms with E-state index >= 15 is 0 Å². The lowest BCUT2D eigenvalue weighted by Crippen LogP contribution is -2.63. The number of hydrogen-bond donors (Lipinski definition) is 3. The molecule has 8 heteroatoms. The van der Waals surface area contributed by atoms with Crippen LogP contribution in [-0.2, 0) is 0 Å². The van der Waals surface area contributed by atoms with Crippen LogP contribution in [0.5, 0.6) is 0 Å². The molecule has 2 aliphatic rings. The third kappa shape index (κ3) is 18.5. The highest BCUT2D eigenvalue weighted by Gasteiger charge is 2.43. The Morgan fingerprint density at radius 1 is 0.446 bits per heavy atom. The van der Waals surface area contributed by atoms with Gasteiger partial charge in [0.05, 0.1) is 0 Å². The van der Waals surface area contributed by atoms with Crippen LogP contribution in [0.3, 0.4) is 0 Å². The Balaban J connectivity index is 1.98. The van der Waals surface area contributed by atoms with Gasteiger partial charge < -0.3 is 25.8 Å². The van der Waals surface area contributed by atoms with E-state index in [1.807, 2.05) is 0 Å². The Bertz CT molecular complexity index is 1090. The summed E-state index contributed by atoms with van der Waals surface area (Å²) in [5.74, 6) is 2.54. The lowest BCUT2D eigenvalue weighted by molar-refractivity contribution is 0.157. The fourth-order valence-corrected chi connectivity index (χ4v) is 10.3. The molecule has 56 heavy (non-hydrogen) atoms. The maximum Gasteiger partial charge on any atom is 0.232 e. The van der Waals surface area contributed by atoms with Crippen LogP contribution in [0.15, 0.2) is 0 Å². The molecule has 1 aromatic heterocycles. The maximum atomic E-state index is 5.58. The lowest BCUT2D eigenvalue weighted by Gasteiger charge is -2.50. The third-order valence-electron chi connectivity index (χ3n) is 12.4. The SMILES string of the molecule is CCCCCCCCCCCNc1nc(N(CCCCCCCC)C2CC(C)(C)NC(C)(C)C2)nc(N(CCCCCCCC)C2CC(C)(C)NC(C)(C)C2)n1. The Labute approximate surface area is 348 Å². The highest BCUT2D eigenvalue weighted by molar-refractivity contribution is 5.47. The normalized spacial score (nSPS) is 19.3. The first kappa shape index (κ1) is 48.7. The van der Waals surface area contributed by atoms with Crippen LogP contribution < -0.4 is 25.8 Å². The van der Waals surface area contributed by atoms with Crippen LogP contribution in [0.1, 0.15) is 237 Å². The molecule has 0 amide bonds. The molecule has 1 aromatic rings. The van der Waals surface area contributed by atoms with E-state index in [0.717, 1.165) is 69.6 Å². The van der Waals surface area contributed by atoms with E-state index in [9.17, 15) is 0 Å². The minimum absolute atomic E-state index is 0.0365. The van der Waals surface area contributed by atoms with Crippen molar-refractivity contribution >= 4 is 17.8 Å². The van der Waals surface area contributed by atoms with Crippen molar-refractivity contribution in [3.63, 3.8) is 0 Å². The van der Waals surface area contributed by atoms with Gasteiger partial charge in [-0.25, -0.2) is 0 Å². The van der Waals surface area contributed by atoms with Crippen LogP contribution >= 0.6 is 0 Å². The van der Waals surface area contributed by atoms with Crippen LogP contribution in [0, 0.1) is 0 Å². The monoisotopic (exact) mass is 783 g/mol. The fourth-order valence-electron chi connectivity index (χ4n) is 10.3. The molecule has 3 rings (SSSR count). The third-order valence-corrected chi connectivity index (χ3v) is 12.4. The number of piperidine rings is 2. The Morgan fingerprint density at radius 3 is 1.09 bits per heavy atom. The van der Waals surface area contributed by atoms with Crippen molar-refractivity contribution in [3.8, 4) is 0 Å². The summed E-state index contributed by atoms with van der Waals surface area (Å²) in [5.41, 5.74) is 0.146. The van der Waals surface area contributed by atoms with Crippen molar-refractivity contribution in [2.24, 2.45) is 0 Å². The van der Waals surface area contributed by atoms with Crippen molar-refractivity contribution in [1.29, 1.82) is 0 Å². The first-order chi connectivity index (χ1) is 26.6. The van der Waals surface area contributed by atoms with Crippen molar-refractivity contribution < 1.29 is 0 Å². The highest BCUT2D eigenvalue weighted by atomic mass is 15.4. The van der Waals surface area contributed by atoms with Crippen LogP contribution in [0.2, 0.25) is 0 Å². The Morgan fingerprint density at radius 2 is 0.750 bits per heavy atom. The molecule has 8 nitrogen and oxygen atoms in total. The minimum Gasteiger partial charge on any atom is -0.354 e.